The predicted molar refractivity (Wildman–Crippen MR) is 78.4 cm³/mol. The molecule has 0 bridgehead atoms. The number of carbonyl (C=O) groups excluding carboxylic acids is 1. The van der Waals surface area contributed by atoms with Crippen LogP contribution in [0.3, 0.4) is 0 Å². The first-order chi connectivity index (χ1) is 10.0. The molecule has 2 rings (SSSR count). The number of amides is 1. The van der Waals surface area contributed by atoms with Crippen molar-refractivity contribution < 1.29 is 14.8 Å². The van der Waals surface area contributed by atoms with Crippen LogP contribution < -0.4 is 10.6 Å². The first-order valence-electron chi connectivity index (χ1n) is 6.98. The van der Waals surface area contributed by atoms with Crippen molar-refractivity contribution >= 4 is 17.3 Å². The molecule has 1 aliphatic carbocycles. The van der Waals surface area contributed by atoms with Crippen LogP contribution in [0.5, 0.6) is 0 Å². The smallest absolute Gasteiger partial charge is 0.292 e. The Bertz CT molecular complexity index is 547. The average molecular weight is 293 g/mol. The number of nitro groups is 1. The molecular formula is C14H19N3O4. The van der Waals surface area contributed by atoms with Crippen molar-refractivity contribution in [3.63, 3.8) is 0 Å². The molecule has 0 aromatic heterocycles. The lowest BCUT2D eigenvalue weighted by Gasteiger charge is -2.28. The van der Waals surface area contributed by atoms with Crippen molar-refractivity contribution in [2.45, 2.75) is 37.8 Å². The Balaban J connectivity index is 2.13. The Morgan fingerprint density at radius 2 is 2.10 bits per heavy atom. The molecule has 1 aromatic carbocycles. The number of nitrogens with one attached hydrogen (secondary N) is 2. The minimum absolute atomic E-state index is 0.0771. The summed E-state index contributed by atoms with van der Waals surface area (Å²) in [6.45, 7) is 0. The molecule has 1 amide bonds. The summed E-state index contributed by atoms with van der Waals surface area (Å²) in [6.07, 6.45) is 2.86. The number of aliphatic hydroxyl groups is 1. The molecule has 0 saturated heterocycles. The maximum Gasteiger partial charge on any atom is 0.292 e. The molecule has 114 valence electrons. The van der Waals surface area contributed by atoms with Gasteiger partial charge in [0.1, 0.15) is 5.69 Å². The highest BCUT2D eigenvalue weighted by Crippen LogP contribution is 2.25. The Kier molecular flexibility index (Phi) is 4.74. The van der Waals surface area contributed by atoms with Crippen LogP contribution in [0.1, 0.15) is 36.0 Å². The molecule has 0 spiro atoms. The van der Waals surface area contributed by atoms with Gasteiger partial charge in [0.2, 0.25) is 0 Å². The monoisotopic (exact) mass is 293 g/mol. The number of hydrogen-bond donors (Lipinski definition) is 3. The van der Waals surface area contributed by atoms with E-state index >= 15 is 0 Å². The second-order valence-electron chi connectivity index (χ2n) is 5.17. The van der Waals surface area contributed by atoms with Crippen LogP contribution in [0.2, 0.25) is 0 Å². The third kappa shape index (κ3) is 3.49. The van der Waals surface area contributed by atoms with Gasteiger partial charge >= 0.3 is 0 Å². The Morgan fingerprint density at radius 1 is 1.38 bits per heavy atom. The van der Waals surface area contributed by atoms with Gasteiger partial charge < -0.3 is 15.7 Å². The van der Waals surface area contributed by atoms with E-state index in [1.165, 1.54) is 18.2 Å². The number of carbonyl (C=O) groups is 1. The molecule has 21 heavy (non-hydrogen) atoms. The van der Waals surface area contributed by atoms with E-state index in [0.29, 0.717) is 12.0 Å². The van der Waals surface area contributed by atoms with Gasteiger partial charge in [-0.15, -0.1) is 0 Å². The number of rotatable bonds is 4. The number of nitrogens with zero attached hydrogens (tertiary/aromatic N) is 1. The molecular weight excluding hydrogens is 274 g/mol. The van der Waals surface area contributed by atoms with E-state index in [2.05, 4.69) is 10.6 Å². The summed E-state index contributed by atoms with van der Waals surface area (Å²) in [6, 6.07) is 3.92. The summed E-state index contributed by atoms with van der Waals surface area (Å²) in [5.74, 6) is -0.327. The van der Waals surface area contributed by atoms with E-state index in [0.717, 1.165) is 19.3 Å². The fourth-order valence-electron chi connectivity index (χ4n) is 2.57. The molecule has 0 heterocycles. The van der Waals surface area contributed by atoms with Gasteiger partial charge in [-0.05, 0) is 25.0 Å². The zero-order valence-electron chi connectivity index (χ0n) is 11.8. The van der Waals surface area contributed by atoms with E-state index in [1.807, 2.05) is 0 Å². The zero-order chi connectivity index (χ0) is 15.4. The van der Waals surface area contributed by atoms with Gasteiger partial charge in [-0.2, -0.15) is 0 Å². The Morgan fingerprint density at radius 3 is 2.71 bits per heavy atom. The molecule has 0 radical (unpaired) electrons. The third-order valence-electron chi connectivity index (χ3n) is 3.77. The van der Waals surface area contributed by atoms with Gasteiger partial charge in [-0.1, -0.05) is 12.8 Å². The Hall–Kier alpha value is -2.15. The fraction of sp³-hybridized carbons (Fsp3) is 0.500. The molecule has 1 saturated carbocycles. The molecule has 7 heteroatoms. The molecule has 7 nitrogen and oxygen atoms in total. The molecule has 3 N–H and O–H groups in total. The topological polar surface area (TPSA) is 104 Å². The quantitative estimate of drug-likeness (QED) is 0.578. The van der Waals surface area contributed by atoms with Crippen LogP contribution in [0.15, 0.2) is 18.2 Å². The number of anilines is 1. The van der Waals surface area contributed by atoms with Crippen molar-refractivity contribution in [1.82, 2.24) is 5.32 Å². The second kappa shape index (κ2) is 6.53. The largest absolute Gasteiger partial charge is 0.391 e. The summed E-state index contributed by atoms with van der Waals surface area (Å²) in [7, 11) is 1.56. The lowest BCUT2D eigenvalue weighted by molar-refractivity contribution is -0.383. The van der Waals surface area contributed by atoms with Crippen LogP contribution in [0, 0.1) is 10.1 Å². The summed E-state index contributed by atoms with van der Waals surface area (Å²) in [4.78, 5) is 22.5. The summed E-state index contributed by atoms with van der Waals surface area (Å²) >= 11 is 0. The average Bonchev–Trinajstić information content (AvgIpc) is 2.48. The molecule has 2 atom stereocenters. The van der Waals surface area contributed by atoms with E-state index in [9.17, 15) is 20.0 Å². The maximum absolute atomic E-state index is 12.2. The SMILES string of the molecule is CNc1cc(C(=O)NC2CCCCC2O)ccc1[N+](=O)[O-]. The second-order valence-corrected chi connectivity index (χ2v) is 5.17. The fourth-order valence-corrected chi connectivity index (χ4v) is 2.57. The first kappa shape index (κ1) is 15.2. The number of hydrogen-bond acceptors (Lipinski definition) is 5. The zero-order valence-corrected chi connectivity index (χ0v) is 11.8. The van der Waals surface area contributed by atoms with E-state index < -0.39 is 11.0 Å². The van der Waals surface area contributed by atoms with E-state index in [4.69, 9.17) is 0 Å². The predicted octanol–water partition coefficient (Wildman–Crippen LogP) is 1.67. The molecule has 1 aromatic rings. The van der Waals surface area contributed by atoms with Crippen molar-refractivity contribution in [3.05, 3.63) is 33.9 Å². The third-order valence-corrected chi connectivity index (χ3v) is 3.77. The number of aliphatic hydroxyl groups excluding tert-OH is 1. The van der Waals surface area contributed by atoms with Gasteiger partial charge in [-0.3, -0.25) is 14.9 Å². The highest BCUT2D eigenvalue weighted by molar-refractivity contribution is 5.96. The highest BCUT2D eigenvalue weighted by Gasteiger charge is 2.25. The van der Waals surface area contributed by atoms with Gasteiger partial charge in [0.15, 0.2) is 0 Å². The van der Waals surface area contributed by atoms with Crippen LogP contribution >= 0.6 is 0 Å². The normalized spacial score (nSPS) is 21.6. The van der Waals surface area contributed by atoms with Crippen LogP contribution in [0.25, 0.3) is 0 Å². The lowest BCUT2D eigenvalue weighted by atomic mass is 9.92. The number of benzene rings is 1. The van der Waals surface area contributed by atoms with Gasteiger partial charge in [0.25, 0.3) is 11.6 Å². The molecule has 1 fully saturated rings. The minimum atomic E-state index is -0.524. The van der Waals surface area contributed by atoms with Gasteiger partial charge in [-0.25, -0.2) is 0 Å². The maximum atomic E-state index is 12.2. The summed E-state index contributed by atoms with van der Waals surface area (Å²) < 4.78 is 0. The van der Waals surface area contributed by atoms with Gasteiger partial charge in [0.05, 0.1) is 17.1 Å². The molecule has 2 unspecified atom stereocenters. The first-order valence-corrected chi connectivity index (χ1v) is 6.98. The van der Waals surface area contributed by atoms with Gasteiger partial charge in [0, 0.05) is 18.7 Å². The van der Waals surface area contributed by atoms with Crippen molar-refractivity contribution in [3.8, 4) is 0 Å². The molecule has 0 aliphatic heterocycles. The van der Waals surface area contributed by atoms with E-state index in [-0.39, 0.29) is 23.3 Å². The van der Waals surface area contributed by atoms with Crippen LogP contribution in [-0.2, 0) is 0 Å². The van der Waals surface area contributed by atoms with Crippen molar-refractivity contribution in [1.29, 1.82) is 0 Å². The summed E-state index contributed by atoms with van der Waals surface area (Å²) in [5, 5.41) is 26.2. The van der Waals surface area contributed by atoms with Crippen LogP contribution in [-0.4, -0.2) is 35.1 Å². The minimum Gasteiger partial charge on any atom is -0.391 e. The highest BCUT2D eigenvalue weighted by atomic mass is 16.6. The number of nitro benzene ring substituents is 1. The van der Waals surface area contributed by atoms with Crippen LogP contribution in [0.4, 0.5) is 11.4 Å². The summed E-state index contributed by atoms with van der Waals surface area (Å²) in [5.41, 5.74) is 0.548. The van der Waals surface area contributed by atoms with Crippen molar-refractivity contribution in [2.75, 3.05) is 12.4 Å². The van der Waals surface area contributed by atoms with E-state index in [1.54, 1.807) is 7.05 Å². The molecule has 1 aliphatic rings. The standard InChI is InChI=1S/C14H19N3O4/c1-15-11-8-9(6-7-12(11)17(20)21)14(19)16-10-4-2-3-5-13(10)18/h6-8,10,13,15,18H,2-5H2,1H3,(H,16,19). The van der Waals surface area contributed by atoms with Crippen molar-refractivity contribution in [2.24, 2.45) is 0 Å². The lowest BCUT2D eigenvalue weighted by Crippen LogP contribution is -2.45. The Labute approximate surface area is 122 Å².